The molecule has 22 heavy (non-hydrogen) atoms. The number of aliphatic hydroxyl groups is 1. The van der Waals surface area contributed by atoms with Crippen molar-refractivity contribution in [3.05, 3.63) is 23.5 Å². The van der Waals surface area contributed by atoms with Gasteiger partial charge < -0.3 is 14.7 Å². The van der Waals surface area contributed by atoms with E-state index >= 15 is 0 Å². The Hall–Kier alpha value is -0.840. The van der Waals surface area contributed by atoms with Crippen molar-refractivity contribution in [1.82, 2.24) is 9.88 Å². The second-order valence-corrected chi connectivity index (χ2v) is 6.67. The molecule has 0 aliphatic carbocycles. The first-order valence-corrected chi connectivity index (χ1v) is 8.61. The Morgan fingerprint density at radius 2 is 2.00 bits per heavy atom. The number of likely N-dealkylation sites (tertiary alicyclic amines) is 1. The number of hydrogen-bond donors (Lipinski definition) is 1. The lowest BCUT2D eigenvalue weighted by Gasteiger charge is -2.37. The minimum absolute atomic E-state index is 0.486. The zero-order valence-electron chi connectivity index (χ0n) is 13.6. The van der Waals surface area contributed by atoms with E-state index in [2.05, 4.69) is 23.7 Å². The van der Waals surface area contributed by atoms with E-state index in [0.29, 0.717) is 11.1 Å². The predicted molar refractivity (Wildman–Crippen MR) is 89.4 cm³/mol. The summed E-state index contributed by atoms with van der Waals surface area (Å²) in [6.45, 7) is 7.70. The first kappa shape index (κ1) is 17.5. The van der Waals surface area contributed by atoms with E-state index in [9.17, 15) is 5.11 Å². The number of ether oxygens (including phenoxy) is 1. The molecule has 0 spiro atoms. The fourth-order valence-electron chi connectivity index (χ4n) is 2.86. The fourth-order valence-corrected chi connectivity index (χ4v) is 2.97. The SMILES string of the molecule is CCC(O)(CC)CN1CCC(COc2ccc(Cl)nc2)CC1. The lowest BCUT2D eigenvalue weighted by Crippen LogP contribution is -2.46. The van der Waals surface area contributed by atoms with Crippen molar-refractivity contribution in [2.75, 3.05) is 26.2 Å². The maximum Gasteiger partial charge on any atom is 0.137 e. The van der Waals surface area contributed by atoms with E-state index in [1.807, 2.05) is 6.07 Å². The lowest BCUT2D eigenvalue weighted by molar-refractivity contribution is -0.0133. The number of halogens is 1. The van der Waals surface area contributed by atoms with Crippen molar-refractivity contribution in [1.29, 1.82) is 0 Å². The third-order valence-corrected chi connectivity index (χ3v) is 4.95. The van der Waals surface area contributed by atoms with Gasteiger partial charge in [0.25, 0.3) is 0 Å². The quantitative estimate of drug-likeness (QED) is 0.780. The summed E-state index contributed by atoms with van der Waals surface area (Å²) in [5.74, 6) is 1.35. The van der Waals surface area contributed by atoms with Crippen LogP contribution in [0.25, 0.3) is 0 Å². The van der Waals surface area contributed by atoms with E-state index < -0.39 is 5.60 Å². The standard InChI is InChI=1S/C17H27ClN2O2/c1-3-17(21,4-2)13-20-9-7-14(8-10-20)12-22-15-5-6-16(18)19-11-15/h5-6,11,14,21H,3-4,7-10,12-13H2,1-2H3. The summed E-state index contributed by atoms with van der Waals surface area (Å²) in [5, 5.41) is 10.9. The number of piperidine rings is 1. The molecule has 1 saturated heterocycles. The fraction of sp³-hybridized carbons (Fsp3) is 0.706. The highest BCUT2D eigenvalue weighted by atomic mass is 35.5. The minimum Gasteiger partial charge on any atom is -0.492 e. The maximum atomic E-state index is 10.4. The van der Waals surface area contributed by atoms with Crippen LogP contribution in [-0.4, -0.2) is 46.8 Å². The molecule has 5 heteroatoms. The summed E-state index contributed by atoms with van der Waals surface area (Å²) in [4.78, 5) is 6.40. The monoisotopic (exact) mass is 326 g/mol. The molecule has 1 fully saturated rings. The van der Waals surface area contributed by atoms with Gasteiger partial charge in [-0.25, -0.2) is 4.98 Å². The number of pyridine rings is 1. The van der Waals surface area contributed by atoms with Gasteiger partial charge >= 0.3 is 0 Å². The van der Waals surface area contributed by atoms with Gasteiger partial charge in [0, 0.05) is 6.54 Å². The molecule has 1 aromatic rings. The van der Waals surface area contributed by atoms with Gasteiger partial charge in [0.2, 0.25) is 0 Å². The number of rotatable bonds is 7. The Kier molecular flexibility index (Phi) is 6.48. The molecule has 0 atom stereocenters. The van der Waals surface area contributed by atoms with Crippen LogP contribution >= 0.6 is 11.6 Å². The molecule has 2 heterocycles. The number of aromatic nitrogens is 1. The molecule has 0 radical (unpaired) electrons. The molecule has 0 bridgehead atoms. The first-order valence-electron chi connectivity index (χ1n) is 8.23. The Morgan fingerprint density at radius 3 is 2.55 bits per heavy atom. The van der Waals surface area contributed by atoms with Crippen molar-refractivity contribution in [3.8, 4) is 5.75 Å². The average molecular weight is 327 g/mol. The van der Waals surface area contributed by atoms with Crippen LogP contribution < -0.4 is 4.74 Å². The van der Waals surface area contributed by atoms with E-state index in [4.69, 9.17) is 16.3 Å². The predicted octanol–water partition coefficient (Wildman–Crippen LogP) is 3.38. The zero-order chi connectivity index (χ0) is 16.0. The van der Waals surface area contributed by atoms with E-state index in [-0.39, 0.29) is 0 Å². The molecule has 1 N–H and O–H groups in total. The number of nitrogens with zero attached hydrogens (tertiary/aromatic N) is 2. The molecule has 124 valence electrons. The molecule has 0 unspecified atom stereocenters. The van der Waals surface area contributed by atoms with Gasteiger partial charge in [-0.2, -0.15) is 0 Å². The van der Waals surface area contributed by atoms with Crippen LogP contribution in [-0.2, 0) is 0 Å². The van der Waals surface area contributed by atoms with E-state index in [1.54, 1.807) is 12.3 Å². The Bertz CT molecular complexity index is 440. The van der Waals surface area contributed by atoms with Gasteiger partial charge in [-0.3, -0.25) is 0 Å². The summed E-state index contributed by atoms with van der Waals surface area (Å²) in [5.41, 5.74) is -0.529. The smallest absolute Gasteiger partial charge is 0.137 e. The summed E-state index contributed by atoms with van der Waals surface area (Å²) in [6, 6.07) is 3.60. The Morgan fingerprint density at radius 1 is 1.32 bits per heavy atom. The first-order chi connectivity index (χ1) is 10.5. The van der Waals surface area contributed by atoms with Crippen molar-refractivity contribution < 1.29 is 9.84 Å². The topological polar surface area (TPSA) is 45.6 Å². The molecule has 0 saturated carbocycles. The van der Waals surface area contributed by atoms with Crippen LogP contribution in [0.3, 0.4) is 0 Å². The van der Waals surface area contributed by atoms with Crippen LogP contribution in [0.2, 0.25) is 5.15 Å². The molecule has 1 aliphatic heterocycles. The summed E-state index contributed by atoms with van der Waals surface area (Å²) in [6.07, 6.45) is 5.53. The van der Waals surface area contributed by atoms with Crippen LogP contribution in [0.15, 0.2) is 18.3 Å². The van der Waals surface area contributed by atoms with Gasteiger partial charge in [-0.1, -0.05) is 25.4 Å². The maximum absolute atomic E-state index is 10.4. The molecule has 0 amide bonds. The lowest BCUT2D eigenvalue weighted by atomic mass is 9.93. The van der Waals surface area contributed by atoms with Gasteiger partial charge in [0.15, 0.2) is 0 Å². The molecule has 1 aromatic heterocycles. The average Bonchev–Trinajstić information content (AvgIpc) is 2.55. The third kappa shape index (κ3) is 5.11. The molecule has 0 aromatic carbocycles. The summed E-state index contributed by atoms with van der Waals surface area (Å²) in [7, 11) is 0. The van der Waals surface area contributed by atoms with Crippen molar-refractivity contribution in [2.45, 2.75) is 45.1 Å². The van der Waals surface area contributed by atoms with Gasteiger partial charge in [0.05, 0.1) is 18.4 Å². The summed E-state index contributed by atoms with van der Waals surface area (Å²) >= 11 is 5.76. The molecular formula is C17H27ClN2O2. The molecular weight excluding hydrogens is 300 g/mol. The highest BCUT2D eigenvalue weighted by Crippen LogP contribution is 2.23. The van der Waals surface area contributed by atoms with Crippen molar-refractivity contribution in [3.63, 3.8) is 0 Å². The molecule has 2 rings (SSSR count). The van der Waals surface area contributed by atoms with Crippen LogP contribution in [0, 0.1) is 5.92 Å². The van der Waals surface area contributed by atoms with Crippen LogP contribution in [0.5, 0.6) is 5.75 Å². The molecule has 1 aliphatic rings. The molecule has 4 nitrogen and oxygen atoms in total. The van der Waals surface area contributed by atoms with Crippen LogP contribution in [0.1, 0.15) is 39.5 Å². The van der Waals surface area contributed by atoms with Gasteiger partial charge in [0.1, 0.15) is 10.9 Å². The third-order valence-electron chi connectivity index (χ3n) is 4.73. The number of hydrogen-bond acceptors (Lipinski definition) is 4. The van der Waals surface area contributed by atoms with Gasteiger partial charge in [-0.15, -0.1) is 0 Å². The summed E-state index contributed by atoms with van der Waals surface area (Å²) < 4.78 is 5.79. The number of β-amino-alcohol motifs (C(OH)–C–C–N with tert-alkyl or cyclic N) is 1. The van der Waals surface area contributed by atoms with E-state index in [0.717, 1.165) is 57.7 Å². The highest BCUT2D eigenvalue weighted by molar-refractivity contribution is 6.29. The van der Waals surface area contributed by atoms with Crippen LogP contribution in [0.4, 0.5) is 0 Å². The van der Waals surface area contributed by atoms with Gasteiger partial charge in [-0.05, 0) is 56.8 Å². The van der Waals surface area contributed by atoms with Crippen molar-refractivity contribution >= 4 is 11.6 Å². The van der Waals surface area contributed by atoms with Crippen molar-refractivity contribution in [2.24, 2.45) is 5.92 Å². The Labute approximate surface area is 138 Å². The second kappa shape index (κ2) is 8.14. The minimum atomic E-state index is -0.529. The van der Waals surface area contributed by atoms with E-state index in [1.165, 1.54) is 0 Å². The Balaban J connectivity index is 1.72. The normalized spacial score (nSPS) is 17.6. The highest BCUT2D eigenvalue weighted by Gasteiger charge is 2.28. The largest absolute Gasteiger partial charge is 0.492 e. The second-order valence-electron chi connectivity index (χ2n) is 6.28. The zero-order valence-corrected chi connectivity index (χ0v) is 14.4.